The van der Waals surface area contributed by atoms with Crippen LogP contribution in [0.5, 0.6) is 0 Å². The molecule has 3 aromatic rings. The van der Waals surface area contributed by atoms with Gasteiger partial charge in [0.05, 0.1) is 19.0 Å². The van der Waals surface area contributed by atoms with Gasteiger partial charge >= 0.3 is 0 Å². The number of Topliss-reactive ketones (excluding diaryl/α,β-unsaturated/α-hetero) is 1. The minimum atomic E-state index is -0.811. The maximum atomic E-state index is 12.3. The van der Waals surface area contributed by atoms with Crippen LogP contribution >= 0.6 is 0 Å². The molecule has 11 nitrogen and oxygen atoms in total. The summed E-state index contributed by atoms with van der Waals surface area (Å²) in [6.45, 7) is 0.128. The third kappa shape index (κ3) is 4.08. The van der Waals surface area contributed by atoms with Gasteiger partial charge in [-0.05, 0) is 18.6 Å². The first-order valence-electron chi connectivity index (χ1n) is 9.65. The van der Waals surface area contributed by atoms with Gasteiger partial charge in [-0.15, -0.1) is 0 Å². The minimum Gasteiger partial charge on any atom is -0.394 e. The Bertz CT molecular complexity index is 1080. The van der Waals surface area contributed by atoms with E-state index < -0.39 is 24.0 Å². The summed E-state index contributed by atoms with van der Waals surface area (Å²) in [6.07, 6.45) is 3.63. The van der Waals surface area contributed by atoms with Gasteiger partial charge in [0.15, 0.2) is 16.9 Å². The Morgan fingerprint density at radius 3 is 3.03 bits per heavy atom. The third-order valence-electron chi connectivity index (χ3n) is 4.98. The maximum absolute atomic E-state index is 12.3. The Hall–Kier alpha value is -3.15. The second kappa shape index (κ2) is 8.69. The van der Waals surface area contributed by atoms with E-state index in [4.69, 9.17) is 4.74 Å². The zero-order valence-corrected chi connectivity index (χ0v) is 16.1. The molecule has 0 aromatic carbocycles. The summed E-state index contributed by atoms with van der Waals surface area (Å²) in [6, 6.07) is 3.44. The van der Waals surface area contributed by atoms with Crippen LogP contribution in [-0.2, 0) is 4.74 Å². The number of carbonyl (C=O) groups is 1. The van der Waals surface area contributed by atoms with Gasteiger partial charge in [-0.2, -0.15) is 4.98 Å². The van der Waals surface area contributed by atoms with E-state index in [2.05, 4.69) is 25.3 Å². The van der Waals surface area contributed by atoms with E-state index in [-0.39, 0.29) is 30.3 Å². The quantitative estimate of drug-likeness (QED) is 0.299. The van der Waals surface area contributed by atoms with Gasteiger partial charge < -0.3 is 20.3 Å². The smallest absolute Gasteiger partial charge is 0.280 e. The van der Waals surface area contributed by atoms with Crippen molar-refractivity contribution in [1.29, 1.82) is 0 Å². The number of aromatic nitrogens is 5. The number of carbonyl (C=O) groups excluding carboxylic acids is 1. The number of imidazole rings is 1. The molecule has 158 valence electrons. The van der Waals surface area contributed by atoms with E-state index in [0.717, 1.165) is 0 Å². The summed E-state index contributed by atoms with van der Waals surface area (Å²) in [4.78, 5) is 39.5. The lowest BCUT2D eigenvalue weighted by atomic mass is 10.1. The van der Waals surface area contributed by atoms with Crippen molar-refractivity contribution in [1.82, 2.24) is 24.5 Å². The van der Waals surface area contributed by atoms with Crippen molar-refractivity contribution in [2.24, 2.45) is 0 Å². The van der Waals surface area contributed by atoms with Gasteiger partial charge in [-0.3, -0.25) is 24.1 Å². The number of hydrogen-bond donors (Lipinski definition) is 4. The van der Waals surface area contributed by atoms with Gasteiger partial charge in [-0.25, -0.2) is 4.98 Å². The van der Waals surface area contributed by atoms with Crippen LogP contribution in [0.2, 0.25) is 0 Å². The lowest BCUT2D eigenvalue weighted by molar-refractivity contribution is -0.0432. The SMILES string of the molecule is O=C(CCCNc1nc2c(ncn2[C@H]2C[C@H](O)[C@@H](CO)O2)c(=O)[nH]1)c1cccnc1. The largest absolute Gasteiger partial charge is 0.394 e. The van der Waals surface area contributed by atoms with Crippen molar-refractivity contribution in [3.8, 4) is 0 Å². The molecule has 4 heterocycles. The molecule has 0 unspecified atom stereocenters. The number of anilines is 1. The molecule has 30 heavy (non-hydrogen) atoms. The number of nitrogens with zero attached hydrogens (tertiary/aromatic N) is 4. The van der Waals surface area contributed by atoms with Crippen LogP contribution in [0.15, 0.2) is 35.6 Å². The van der Waals surface area contributed by atoms with E-state index in [0.29, 0.717) is 30.6 Å². The van der Waals surface area contributed by atoms with Crippen LogP contribution in [0.25, 0.3) is 11.2 Å². The molecular weight excluding hydrogens is 392 g/mol. The van der Waals surface area contributed by atoms with Crippen LogP contribution in [0.4, 0.5) is 5.95 Å². The van der Waals surface area contributed by atoms with Crippen molar-refractivity contribution in [3.63, 3.8) is 0 Å². The molecule has 1 fully saturated rings. The summed E-state index contributed by atoms with van der Waals surface area (Å²) in [5.74, 6) is 0.246. The first kappa shape index (κ1) is 20.1. The van der Waals surface area contributed by atoms with Crippen molar-refractivity contribution < 1.29 is 19.7 Å². The third-order valence-corrected chi connectivity index (χ3v) is 4.98. The lowest BCUT2D eigenvalue weighted by Crippen LogP contribution is -2.24. The molecule has 3 aromatic heterocycles. The molecule has 0 saturated carbocycles. The predicted molar refractivity (Wildman–Crippen MR) is 106 cm³/mol. The number of nitrogens with one attached hydrogen (secondary N) is 2. The van der Waals surface area contributed by atoms with E-state index in [1.165, 1.54) is 12.5 Å². The second-order valence-corrected chi connectivity index (χ2v) is 7.05. The highest BCUT2D eigenvalue weighted by Gasteiger charge is 2.35. The van der Waals surface area contributed by atoms with Crippen molar-refractivity contribution in [2.45, 2.75) is 37.7 Å². The Kier molecular flexibility index (Phi) is 5.84. The number of aliphatic hydroxyl groups is 2. The number of fused-ring (bicyclic) bond motifs is 1. The monoisotopic (exact) mass is 414 g/mol. The Balaban J connectivity index is 1.42. The molecule has 0 amide bonds. The van der Waals surface area contributed by atoms with Crippen molar-refractivity contribution in [2.75, 3.05) is 18.5 Å². The molecule has 11 heteroatoms. The number of pyridine rings is 1. The number of ether oxygens (including phenoxy) is 1. The van der Waals surface area contributed by atoms with Gasteiger partial charge in [0.25, 0.3) is 5.56 Å². The zero-order valence-electron chi connectivity index (χ0n) is 16.1. The molecule has 4 N–H and O–H groups in total. The fraction of sp³-hybridized carbons (Fsp3) is 0.421. The highest BCUT2D eigenvalue weighted by molar-refractivity contribution is 5.95. The highest BCUT2D eigenvalue weighted by atomic mass is 16.5. The van der Waals surface area contributed by atoms with Crippen LogP contribution in [0, 0.1) is 0 Å². The summed E-state index contributed by atoms with van der Waals surface area (Å²) in [7, 11) is 0. The molecule has 1 aliphatic rings. The second-order valence-electron chi connectivity index (χ2n) is 7.05. The Morgan fingerprint density at radius 1 is 1.43 bits per heavy atom. The molecule has 1 aliphatic heterocycles. The standard InChI is InChI=1S/C19H22N6O5/c26-9-14-13(28)7-15(30-14)25-10-22-16-17(25)23-19(24-18(16)29)21-6-2-4-12(27)11-3-1-5-20-8-11/h1,3,5,8,10,13-15,26,28H,2,4,6-7,9H2,(H2,21,23,24,29)/t13-,14+,15+/m0/s1. The Morgan fingerprint density at radius 2 is 2.30 bits per heavy atom. The first-order chi connectivity index (χ1) is 14.6. The average molecular weight is 414 g/mol. The highest BCUT2D eigenvalue weighted by Crippen LogP contribution is 2.30. The topological polar surface area (TPSA) is 155 Å². The van der Waals surface area contributed by atoms with E-state index >= 15 is 0 Å². The molecule has 0 spiro atoms. The summed E-state index contributed by atoms with van der Waals surface area (Å²) >= 11 is 0. The van der Waals surface area contributed by atoms with Crippen LogP contribution in [0.1, 0.15) is 35.8 Å². The summed E-state index contributed by atoms with van der Waals surface area (Å²) < 4.78 is 7.20. The zero-order chi connectivity index (χ0) is 21.1. The number of ketones is 1. The normalized spacial score (nSPS) is 21.2. The minimum absolute atomic E-state index is 0.00439. The summed E-state index contributed by atoms with van der Waals surface area (Å²) in [5, 5.41) is 22.2. The number of aromatic amines is 1. The molecule has 0 radical (unpaired) electrons. The molecule has 1 saturated heterocycles. The van der Waals surface area contributed by atoms with Crippen LogP contribution in [-0.4, -0.2) is 65.9 Å². The number of aliphatic hydroxyl groups excluding tert-OH is 2. The van der Waals surface area contributed by atoms with E-state index in [1.807, 2.05) is 0 Å². The first-order valence-corrected chi connectivity index (χ1v) is 9.65. The number of rotatable bonds is 8. The lowest BCUT2D eigenvalue weighted by Gasteiger charge is -2.14. The van der Waals surface area contributed by atoms with E-state index in [1.54, 1.807) is 22.9 Å². The molecule has 0 aliphatic carbocycles. The van der Waals surface area contributed by atoms with Gasteiger partial charge in [0.2, 0.25) is 5.95 Å². The molecule has 3 atom stereocenters. The number of hydrogen-bond acceptors (Lipinski definition) is 9. The predicted octanol–water partition coefficient (Wildman–Crippen LogP) is 0.230. The van der Waals surface area contributed by atoms with Crippen LogP contribution < -0.4 is 10.9 Å². The number of H-pyrrole nitrogens is 1. The van der Waals surface area contributed by atoms with Crippen molar-refractivity contribution in [3.05, 3.63) is 46.8 Å². The van der Waals surface area contributed by atoms with Gasteiger partial charge in [-0.1, -0.05) is 0 Å². The maximum Gasteiger partial charge on any atom is 0.280 e. The van der Waals surface area contributed by atoms with Gasteiger partial charge in [0.1, 0.15) is 12.3 Å². The molecular formula is C19H22N6O5. The fourth-order valence-corrected chi connectivity index (χ4v) is 3.40. The van der Waals surface area contributed by atoms with Crippen LogP contribution in [0.3, 0.4) is 0 Å². The fourth-order valence-electron chi connectivity index (χ4n) is 3.40. The molecule has 0 bridgehead atoms. The van der Waals surface area contributed by atoms with E-state index in [9.17, 15) is 19.8 Å². The van der Waals surface area contributed by atoms with Crippen molar-refractivity contribution >= 4 is 22.9 Å². The average Bonchev–Trinajstić information content (AvgIpc) is 3.35. The molecule has 4 rings (SSSR count). The van der Waals surface area contributed by atoms with Gasteiger partial charge in [0, 0.05) is 37.3 Å². The Labute approximate surface area is 170 Å². The summed E-state index contributed by atoms with van der Waals surface area (Å²) in [5.41, 5.74) is 0.612.